The molecule has 0 heterocycles. The Morgan fingerprint density at radius 1 is 1.39 bits per heavy atom. The quantitative estimate of drug-likeness (QED) is 0.648. The molecule has 1 rings (SSSR count). The van der Waals surface area contributed by atoms with Crippen molar-refractivity contribution in [2.24, 2.45) is 0 Å². The summed E-state index contributed by atoms with van der Waals surface area (Å²) >= 11 is 11.4. The number of hydrogen-bond donors (Lipinski definition) is 1. The minimum atomic E-state index is 0.639. The summed E-state index contributed by atoms with van der Waals surface area (Å²) < 4.78 is 0. The largest absolute Gasteiger partial charge is 0.342 e. The first-order valence-electron chi connectivity index (χ1n) is 5.63. The van der Waals surface area contributed by atoms with Crippen LogP contribution in [-0.2, 0) is 0 Å². The predicted molar refractivity (Wildman–Crippen MR) is 84.4 cm³/mol. The van der Waals surface area contributed by atoms with Gasteiger partial charge in [0.25, 0.3) is 0 Å². The highest BCUT2D eigenvalue weighted by atomic mass is 35.5. The van der Waals surface area contributed by atoms with E-state index in [9.17, 15) is 0 Å². The smallest absolute Gasteiger partial charge is 0.173 e. The van der Waals surface area contributed by atoms with Crippen molar-refractivity contribution >= 4 is 34.6 Å². The molecular formula is C14H17ClN2S. The molecule has 2 nitrogen and oxygen atoms in total. The van der Waals surface area contributed by atoms with Crippen molar-refractivity contribution in [1.29, 1.82) is 0 Å². The molecule has 0 aliphatic rings. The van der Waals surface area contributed by atoms with E-state index < -0.39 is 0 Å². The van der Waals surface area contributed by atoms with Gasteiger partial charge in [-0.05, 0) is 36.8 Å². The molecule has 0 bridgehead atoms. The number of thiocarbonyl (C=S) groups is 1. The Labute approximate surface area is 119 Å². The molecule has 96 valence electrons. The summed E-state index contributed by atoms with van der Waals surface area (Å²) in [5.41, 5.74) is 1.91. The summed E-state index contributed by atoms with van der Waals surface area (Å²) in [6, 6.07) is 5.70. The SMILES string of the molecule is C=CCN(CC=C)C(=S)Nc1cccc(Cl)c1C. The Morgan fingerprint density at radius 3 is 2.56 bits per heavy atom. The van der Waals surface area contributed by atoms with Crippen molar-refractivity contribution in [3.05, 3.63) is 54.1 Å². The normalized spacial score (nSPS) is 9.67. The average Bonchev–Trinajstić information content (AvgIpc) is 2.34. The van der Waals surface area contributed by atoms with Crippen LogP contribution in [0.3, 0.4) is 0 Å². The summed E-state index contributed by atoms with van der Waals surface area (Å²) in [5, 5.41) is 4.56. The van der Waals surface area contributed by atoms with Gasteiger partial charge in [0, 0.05) is 23.8 Å². The van der Waals surface area contributed by atoms with Gasteiger partial charge in [0.05, 0.1) is 0 Å². The lowest BCUT2D eigenvalue weighted by Gasteiger charge is -2.23. The number of anilines is 1. The molecule has 0 saturated heterocycles. The monoisotopic (exact) mass is 280 g/mol. The summed E-state index contributed by atoms with van der Waals surface area (Å²) in [6.45, 7) is 10.8. The van der Waals surface area contributed by atoms with Crippen molar-refractivity contribution in [3.8, 4) is 0 Å². The average molecular weight is 281 g/mol. The number of nitrogens with zero attached hydrogens (tertiary/aromatic N) is 1. The number of nitrogens with one attached hydrogen (secondary N) is 1. The van der Waals surface area contributed by atoms with Crippen molar-refractivity contribution in [2.75, 3.05) is 18.4 Å². The van der Waals surface area contributed by atoms with Gasteiger partial charge in [-0.1, -0.05) is 29.8 Å². The molecule has 0 unspecified atom stereocenters. The molecular weight excluding hydrogens is 264 g/mol. The summed E-state index contributed by atoms with van der Waals surface area (Å²) in [5.74, 6) is 0. The molecule has 0 radical (unpaired) electrons. The second-order valence-corrected chi connectivity index (χ2v) is 4.62. The Hall–Kier alpha value is -1.32. The van der Waals surface area contributed by atoms with E-state index >= 15 is 0 Å². The van der Waals surface area contributed by atoms with Gasteiger partial charge in [-0.25, -0.2) is 0 Å². The molecule has 0 aliphatic carbocycles. The van der Waals surface area contributed by atoms with Crippen LogP contribution in [0.25, 0.3) is 0 Å². The van der Waals surface area contributed by atoms with Gasteiger partial charge < -0.3 is 10.2 Å². The molecule has 0 saturated carbocycles. The van der Waals surface area contributed by atoms with Crippen LogP contribution in [0.5, 0.6) is 0 Å². The molecule has 0 atom stereocenters. The lowest BCUT2D eigenvalue weighted by Crippen LogP contribution is -2.35. The summed E-state index contributed by atoms with van der Waals surface area (Å²) in [6.07, 6.45) is 3.62. The fourth-order valence-corrected chi connectivity index (χ4v) is 1.92. The highest BCUT2D eigenvalue weighted by molar-refractivity contribution is 7.80. The topological polar surface area (TPSA) is 15.3 Å². The van der Waals surface area contributed by atoms with Gasteiger partial charge in [0.2, 0.25) is 0 Å². The van der Waals surface area contributed by atoms with E-state index in [1.54, 1.807) is 0 Å². The van der Waals surface area contributed by atoms with E-state index in [1.807, 2.05) is 42.2 Å². The maximum absolute atomic E-state index is 6.07. The number of rotatable bonds is 5. The first-order valence-corrected chi connectivity index (χ1v) is 6.41. The zero-order chi connectivity index (χ0) is 13.5. The molecule has 0 amide bonds. The van der Waals surface area contributed by atoms with E-state index in [-0.39, 0.29) is 0 Å². The maximum atomic E-state index is 6.07. The molecule has 4 heteroatoms. The van der Waals surface area contributed by atoms with E-state index in [0.29, 0.717) is 18.2 Å². The fourth-order valence-electron chi connectivity index (χ4n) is 1.49. The molecule has 18 heavy (non-hydrogen) atoms. The Morgan fingerprint density at radius 2 is 2.00 bits per heavy atom. The fraction of sp³-hybridized carbons (Fsp3) is 0.214. The first kappa shape index (κ1) is 14.7. The molecule has 1 aromatic carbocycles. The molecule has 1 aromatic rings. The highest BCUT2D eigenvalue weighted by Crippen LogP contribution is 2.23. The summed E-state index contributed by atoms with van der Waals surface area (Å²) in [4.78, 5) is 1.97. The van der Waals surface area contributed by atoms with Gasteiger partial charge >= 0.3 is 0 Å². The third kappa shape index (κ3) is 3.86. The Bertz CT molecular complexity index is 447. The van der Waals surface area contributed by atoms with Crippen LogP contribution in [0, 0.1) is 6.92 Å². The second kappa shape index (κ2) is 7.19. The maximum Gasteiger partial charge on any atom is 0.173 e. The van der Waals surface area contributed by atoms with Crippen molar-refractivity contribution in [3.63, 3.8) is 0 Å². The van der Waals surface area contributed by atoms with E-state index in [1.165, 1.54) is 0 Å². The van der Waals surface area contributed by atoms with E-state index in [4.69, 9.17) is 23.8 Å². The third-order valence-corrected chi connectivity index (χ3v) is 3.27. The Balaban J connectivity index is 2.81. The minimum absolute atomic E-state index is 0.639. The minimum Gasteiger partial charge on any atom is -0.342 e. The number of halogens is 1. The molecule has 0 fully saturated rings. The lowest BCUT2D eigenvalue weighted by molar-refractivity contribution is 0.522. The van der Waals surface area contributed by atoms with Crippen molar-refractivity contribution in [1.82, 2.24) is 4.90 Å². The van der Waals surface area contributed by atoms with E-state index in [0.717, 1.165) is 16.3 Å². The molecule has 1 N–H and O–H groups in total. The van der Waals surface area contributed by atoms with Crippen LogP contribution < -0.4 is 5.32 Å². The van der Waals surface area contributed by atoms with Crippen molar-refractivity contribution < 1.29 is 0 Å². The third-order valence-electron chi connectivity index (χ3n) is 2.50. The number of hydrogen-bond acceptors (Lipinski definition) is 1. The molecule has 0 aliphatic heterocycles. The second-order valence-electron chi connectivity index (χ2n) is 3.82. The number of benzene rings is 1. The van der Waals surface area contributed by atoms with Crippen LogP contribution in [0.15, 0.2) is 43.5 Å². The zero-order valence-electron chi connectivity index (χ0n) is 10.4. The van der Waals surface area contributed by atoms with Crippen molar-refractivity contribution in [2.45, 2.75) is 6.92 Å². The Kier molecular flexibility index (Phi) is 5.89. The predicted octanol–water partition coefficient (Wildman–Crippen LogP) is 4.02. The standard InChI is InChI=1S/C14H17ClN2S/c1-4-9-17(10-5-2)14(18)16-13-8-6-7-12(15)11(13)3/h4-8H,1-2,9-10H2,3H3,(H,16,18). The van der Waals surface area contributed by atoms with Crippen LogP contribution in [0.2, 0.25) is 5.02 Å². The van der Waals surface area contributed by atoms with Crippen LogP contribution >= 0.6 is 23.8 Å². The van der Waals surface area contributed by atoms with Gasteiger partial charge in [-0.2, -0.15) is 0 Å². The zero-order valence-corrected chi connectivity index (χ0v) is 12.0. The van der Waals surface area contributed by atoms with Crippen LogP contribution in [0.4, 0.5) is 5.69 Å². The van der Waals surface area contributed by atoms with E-state index in [2.05, 4.69) is 18.5 Å². The van der Waals surface area contributed by atoms with Gasteiger partial charge in [-0.15, -0.1) is 13.2 Å². The van der Waals surface area contributed by atoms with Crippen LogP contribution in [-0.4, -0.2) is 23.1 Å². The van der Waals surface area contributed by atoms with Gasteiger partial charge in [0.15, 0.2) is 5.11 Å². The van der Waals surface area contributed by atoms with Gasteiger partial charge in [-0.3, -0.25) is 0 Å². The molecule has 0 aromatic heterocycles. The van der Waals surface area contributed by atoms with Crippen LogP contribution in [0.1, 0.15) is 5.56 Å². The van der Waals surface area contributed by atoms with Gasteiger partial charge in [0.1, 0.15) is 0 Å². The highest BCUT2D eigenvalue weighted by Gasteiger charge is 2.08. The summed E-state index contributed by atoms with van der Waals surface area (Å²) in [7, 11) is 0. The first-order chi connectivity index (χ1) is 8.60. The lowest BCUT2D eigenvalue weighted by atomic mass is 10.2. The molecule has 0 spiro atoms.